The molecule has 0 bridgehead atoms. The summed E-state index contributed by atoms with van der Waals surface area (Å²) in [4.78, 5) is 5.91. The summed E-state index contributed by atoms with van der Waals surface area (Å²) < 4.78 is 0. The summed E-state index contributed by atoms with van der Waals surface area (Å²) in [6.45, 7) is 15.0. The van der Waals surface area contributed by atoms with Crippen molar-refractivity contribution in [2.75, 3.05) is 37.7 Å². The highest BCUT2D eigenvalue weighted by Crippen LogP contribution is 2.46. The first-order valence-electron chi connectivity index (χ1n) is 7.26. The van der Waals surface area contributed by atoms with E-state index >= 15 is 0 Å². The Hall–Kier alpha value is 0.270. The molecular weight excluding hydrogens is 228 g/mol. The monoisotopic (exact) mass is 258 g/mol. The third-order valence-electron chi connectivity index (χ3n) is 4.70. The van der Waals surface area contributed by atoms with E-state index in [0.717, 1.165) is 6.04 Å². The van der Waals surface area contributed by atoms with Gasteiger partial charge < -0.3 is 0 Å². The van der Waals surface area contributed by atoms with Gasteiger partial charge in [0, 0.05) is 24.0 Å². The fraction of sp³-hybridized carbons (Fsp3) is 1.00. The predicted octanol–water partition coefficient (Wildman–Crippen LogP) is 2.54. The lowest BCUT2D eigenvalue weighted by Gasteiger charge is -2.49. The standard InChI is InChI=1S/C14H30N2S/c1-13(2)15-9-11-17(12-10-15)14(3,4)16-7-5-6-8-16/h13,17H,5-12H2,1-4H3. The molecular formula is C14H30N2S. The summed E-state index contributed by atoms with van der Waals surface area (Å²) in [5, 5.41) is 0. The number of likely N-dealkylation sites (tertiary alicyclic amines) is 1. The van der Waals surface area contributed by atoms with Gasteiger partial charge in [0.05, 0.1) is 0 Å². The van der Waals surface area contributed by atoms with Crippen LogP contribution in [0, 0.1) is 0 Å². The van der Waals surface area contributed by atoms with E-state index in [4.69, 9.17) is 0 Å². The van der Waals surface area contributed by atoms with Gasteiger partial charge >= 0.3 is 0 Å². The molecule has 2 rings (SSSR count). The molecule has 2 aliphatic heterocycles. The molecule has 0 amide bonds. The lowest BCUT2D eigenvalue weighted by atomic mass is 10.3. The summed E-state index contributed by atoms with van der Waals surface area (Å²) in [5.41, 5.74) is 0. The maximum absolute atomic E-state index is 2.77. The van der Waals surface area contributed by atoms with Crippen molar-refractivity contribution in [3.8, 4) is 0 Å². The molecule has 0 aromatic carbocycles. The SMILES string of the molecule is CC(C)N1CC[SH](C(C)(C)N2CCCC2)CC1. The van der Waals surface area contributed by atoms with Gasteiger partial charge in [-0.15, -0.1) is 0 Å². The predicted molar refractivity (Wildman–Crippen MR) is 80.3 cm³/mol. The molecule has 2 heterocycles. The molecule has 0 atom stereocenters. The topological polar surface area (TPSA) is 6.48 Å². The van der Waals surface area contributed by atoms with Gasteiger partial charge in [0.1, 0.15) is 0 Å². The van der Waals surface area contributed by atoms with Crippen LogP contribution in [0.1, 0.15) is 40.5 Å². The number of hydrogen-bond acceptors (Lipinski definition) is 2. The Morgan fingerprint density at radius 2 is 1.47 bits per heavy atom. The molecule has 2 nitrogen and oxygen atoms in total. The second-order valence-electron chi connectivity index (χ2n) is 6.31. The van der Waals surface area contributed by atoms with Crippen molar-refractivity contribution in [1.82, 2.24) is 9.80 Å². The van der Waals surface area contributed by atoms with Crippen molar-refractivity contribution in [1.29, 1.82) is 0 Å². The van der Waals surface area contributed by atoms with Crippen LogP contribution in [0.4, 0.5) is 0 Å². The summed E-state index contributed by atoms with van der Waals surface area (Å²) in [7, 11) is 0.207. The smallest absolute Gasteiger partial charge is 0.0437 e. The maximum Gasteiger partial charge on any atom is 0.0437 e. The summed E-state index contributed by atoms with van der Waals surface area (Å²) >= 11 is 0. The highest BCUT2D eigenvalue weighted by molar-refractivity contribution is 8.18. The van der Waals surface area contributed by atoms with E-state index in [1.807, 2.05) is 0 Å². The van der Waals surface area contributed by atoms with Gasteiger partial charge in [0.15, 0.2) is 0 Å². The molecule has 0 saturated carbocycles. The molecule has 0 unspecified atom stereocenters. The van der Waals surface area contributed by atoms with Gasteiger partial charge in [-0.2, -0.15) is 0 Å². The number of rotatable bonds is 3. The molecule has 102 valence electrons. The lowest BCUT2D eigenvalue weighted by Crippen LogP contribution is -2.48. The first kappa shape index (κ1) is 13.7. The van der Waals surface area contributed by atoms with E-state index in [2.05, 4.69) is 37.5 Å². The Morgan fingerprint density at radius 1 is 0.941 bits per heavy atom. The lowest BCUT2D eigenvalue weighted by molar-refractivity contribution is 0.225. The molecule has 0 radical (unpaired) electrons. The first-order chi connectivity index (χ1) is 8.01. The van der Waals surface area contributed by atoms with Crippen LogP contribution in [0.25, 0.3) is 0 Å². The van der Waals surface area contributed by atoms with E-state index in [-0.39, 0.29) is 10.9 Å². The van der Waals surface area contributed by atoms with Crippen molar-refractivity contribution >= 4 is 10.9 Å². The molecule has 2 aliphatic rings. The van der Waals surface area contributed by atoms with Crippen molar-refractivity contribution in [2.45, 2.75) is 51.4 Å². The van der Waals surface area contributed by atoms with Gasteiger partial charge in [-0.05, 0) is 65.1 Å². The highest BCUT2D eigenvalue weighted by atomic mass is 32.2. The molecule has 2 fully saturated rings. The van der Waals surface area contributed by atoms with Crippen molar-refractivity contribution in [2.24, 2.45) is 0 Å². The molecule has 0 aromatic rings. The van der Waals surface area contributed by atoms with Crippen LogP contribution in [-0.4, -0.2) is 58.4 Å². The Kier molecular flexibility index (Phi) is 4.43. The number of hydrogen-bond donors (Lipinski definition) is 1. The van der Waals surface area contributed by atoms with Crippen LogP contribution in [0.2, 0.25) is 0 Å². The largest absolute Gasteiger partial charge is 0.299 e. The van der Waals surface area contributed by atoms with E-state index < -0.39 is 0 Å². The van der Waals surface area contributed by atoms with Gasteiger partial charge in [0.2, 0.25) is 0 Å². The Labute approximate surface area is 110 Å². The van der Waals surface area contributed by atoms with Gasteiger partial charge in [0.25, 0.3) is 0 Å². The number of nitrogens with zero attached hydrogens (tertiary/aromatic N) is 2. The zero-order chi connectivity index (χ0) is 12.5. The second kappa shape index (κ2) is 5.50. The average Bonchev–Trinajstić information content (AvgIpc) is 2.83. The van der Waals surface area contributed by atoms with Crippen LogP contribution < -0.4 is 0 Å². The summed E-state index contributed by atoms with van der Waals surface area (Å²) in [6, 6.07) is 0.738. The zero-order valence-corrected chi connectivity index (χ0v) is 13.0. The summed E-state index contributed by atoms with van der Waals surface area (Å²) in [5.74, 6) is 2.91. The molecule has 0 N–H and O–H groups in total. The molecule has 3 heteroatoms. The molecule has 0 aliphatic carbocycles. The van der Waals surface area contributed by atoms with Crippen LogP contribution >= 0.6 is 10.9 Å². The van der Waals surface area contributed by atoms with E-state index in [1.54, 1.807) is 0 Å². The second-order valence-corrected chi connectivity index (χ2v) is 9.37. The molecule has 2 saturated heterocycles. The fourth-order valence-electron chi connectivity index (χ4n) is 3.25. The summed E-state index contributed by atoms with van der Waals surface area (Å²) in [6.07, 6.45) is 2.84. The molecule has 17 heavy (non-hydrogen) atoms. The van der Waals surface area contributed by atoms with Gasteiger partial charge in [-0.25, -0.2) is 10.9 Å². The minimum Gasteiger partial charge on any atom is -0.299 e. The van der Waals surface area contributed by atoms with Crippen LogP contribution in [0.3, 0.4) is 0 Å². The van der Waals surface area contributed by atoms with E-state index in [9.17, 15) is 0 Å². The maximum atomic E-state index is 2.77. The fourth-order valence-corrected chi connectivity index (χ4v) is 6.16. The van der Waals surface area contributed by atoms with Gasteiger partial charge in [-0.1, -0.05) is 0 Å². The molecule has 0 aromatic heterocycles. The normalized spacial score (nSPS) is 27.0. The van der Waals surface area contributed by atoms with Crippen LogP contribution in [0.5, 0.6) is 0 Å². The van der Waals surface area contributed by atoms with Crippen LogP contribution in [-0.2, 0) is 0 Å². The van der Waals surface area contributed by atoms with Crippen LogP contribution in [0.15, 0.2) is 0 Å². The van der Waals surface area contributed by atoms with Crippen molar-refractivity contribution in [3.05, 3.63) is 0 Å². The van der Waals surface area contributed by atoms with Crippen molar-refractivity contribution in [3.63, 3.8) is 0 Å². The number of thiol groups is 1. The third-order valence-corrected chi connectivity index (χ3v) is 8.01. The average molecular weight is 258 g/mol. The third kappa shape index (κ3) is 2.99. The Morgan fingerprint density at radius 3 is 1.94 bits per heavy atom. The quantitative estimate of drug-likeness (QED) is 0.777. The minimum atomic E-state index is 0.207. The molecule has 0 spiro atoms. The highest BCUT2D eigenvalue weighted by Gasteiger charge is 2.36. The van der Waals surface area contributed by atoms with Crippen molar-refractivity contribution < 1.29 is 0 Å². The van der Waals surface area contributed by atoms with E-state index in [0.29, 0.717) is 4.87 Å². The first-order valence-corrected chi connectivity index (χ1v) is 8.97. The van der Waals surface area contributed by atoms with E-state index in [1.165, 1.54) is 50.5 Å². The zero-order valence-electron chi connectivity index (χ0n) is 12.1. The Balaban J connectivity index is 1.90. The Bertz CT molecular complexity index is 239. The minimum absolute atomic E-state index is 0.207. The van der Waals surface area contributed by atoms with Gasteiger partial charge in [-0.3, -0.25) is 9.80 Å².